The van der Waals surface area contributed by atoms with E-state index in [9.17, 15) is 0 Å². The third-order valence-corrected chi connectivity index (χ3v) is 6.08. The molecule has 0 aliphatic rings. The van der Waals surface area contributed by atoms with Crippen LogP contribution in [0.1, 0.15) is 5.56 Å². The Bertz CT molecular complexity index is 1570. The van der Waals surface area contributed by atoms with Gasteiger partial charge < -0.3 is 9.47 Å². The lowest BCUT2D eigenvalue weighted by molar-refractivity contribution is -0.697. The summed E-state index contributed by atoms with van der Waals surface area (Å²) in [6.07, 6.45) is 4.11. The number of rotatable bonds is 5. The summed E-state index contributed by atoms with van der Waals surface area (Å²) in [5.74, 6) is 1.32. The highest BCUT2D eigenvalue weighted by Gasteiger charge is 2.27. The summed E-state index contributed by atoms with van der Waals surface area (Å²) >= 11 is 0. The van der Waals surface area contributed by atoms with Crippen LogP contribution in [0.15, 0.2) is 79.1 Å². The second-order valence-electron chi connectivity index (χ2n) is 8.55. The molecule has 0 spiro atoms. The first-order valence-corrected chi connectivity index (χ1v) is 11.4. The molecule has 7 heteroatoms. The van der Waals surface area contributed by atoms with E-state index < -0.39 is 0 Å². The van der Waals surface area contributed by atoms with Gasteiger partial charge in [-0.1, -0.05) is 12.1 Å². The van der Waals surface area contributed by atoms with Crippen molar-refractivity contribution in [2.24, 2.45) is 21.1 Å². The van der Waals surface area contributed by atoms with Crippen LogP contribution in [0, 0.1) is 6.92 Å². The minimum atomic E-state index is 0.329. The van der Waals surface area contributed by atoms with Crippen molar-refractivity contribution in [2.75, 3.05) is 7.11 Å². The van der Waals surface area contributed by atoms with Gasteiger partial charge in [0.2, 0.25) is 0 Å². The number of pyridine rings is 3. The highest BCUT2D eigenvalue weighted by molar-refractivity contribution is 5.75. The minimum Gasteiger partial charge on any atom is -0.477 e. The van der Waals surface area contributed by atoms with E-state index in [1.807, 2.05) is 49.6 Å². The van der Waals surface area contributed by atoms with E-state index in [2.05, 4.69) is 81.2 Å². The SMILES string of the molecule is COc1nc2ccccc2nc1Oc1cc[n+](C)c(-c2cccc(-c3ccc(C)c[n+]3C)[n+]2C)c1. The summed E-state index contributed by atoms with van der Waals surface area (Å²) in [7, 11) is 7.74. The Labute approximate surface area is 204 Å². The van der Waals surface area contributed by atoms with Crippen LogP contribution in [-0.2, 0) is 21.1 Å². The van der Waals surface area contributed by atoms with E-state index in [1.54, 1.807) is 7.11 Å². The van der Waals surface area contributed by atoms with Gasteiger partial charge >= 0.3 is 0 Å². The fourth-order valence-corrected chi connectivity index (χ4v) is 4.26. The molecule has 0 bridgehead atoms. The number of ether oxygens (including phenoxy) is 2. The van der Waals surface area contributed by atoms with Gasteiger partial charge in [0.1, 0.15) is 26.9 Å². The molecule has 0 fully saturated rings. The van der Waals surface area contributed by atoms with Gasteiger partial charge in [-0.25, -0.2) is 9.97 Å². The first-order chi connectivity index (χ1) is 16.9. The second kappa shape index (κ2) is 9.10. The molecule has 1 aromatic carbocycles. The van der Waals surface area contributed by atoms with E-state index in [4.69, 9.17) is 9.47 Å². The molecule has 7 nitrogen and oxygen atoms in total. The smallest absolute Gasteiger partial charge is 0.284 e. The summed E-state index contributed by atoms with van der Waals surface area (Å²) in [5.41, 5.74) is 7.00. The molecule has 0 amide bonds. The number of nitrogens with zero attached hydrogens (tertiary/aromatic N) is 5. The molecule has 0 unspecified atom stereocenters. The van der Waals surface area contributed by atoms with Crippen molar-refractivity contribution in [3.05, 3.63) is 84.7 Å². The molecule has 0 N–H and O–H groups in total. The zero-order chi connectivity index (χ0) is 24.5. The van der Waals surface area contributed by atoms with Crippen LogP contribution in [0.4, 0.5) is 0 Å². The normalized spacial score (nSPS) is 11.0. The number of aryl methyl sites for hydroxylation is 3. The fourth-order valence-electron chi connectivity index (χ4n) is 4.26. The van der Waals surface area contributed by atoms with Gasteiger partial charge in [0.05, 0.1) is 24.2 Å². The zero-order valence-electron chi connectivity index (χ0n) is 20.6. The standard InChI is InChI=1S/C28H28N5O2/c1-19-13-14-23(32(3)18-19)24-11-8-12-25(33(24)4)26-17-20(15-16-31(26)2)35-28-27(34-5)29-21-9-6-7-10-22(21)30-28/h6-18H,1-5H3/q+3. The van der Waals surface area contributed by atoms with Gasteiger partial charge in [-0.2, -0.15) is 13.7 Å². The molecule has 5 aromatic rings. The predicted octanol–water partition coefficient (Wildman–Crippen LogP) is 3.55. The van der Waals surface area contributed by atoms with Crippen LogP contribution in [0.3, 0.4) is 0 Å². The Kier molecular flexibility index (Phi) is 5.82. The molecule has 0 saturated carbocycles. The lowest BCUT2D eigenvalue weighted by atomic mass is 10.1. The summed E-state index contributed by atoms with van der Waals surface area (Å²) in [4.78, 5) is 9.17. The number of hydrogen-bond acceptors (Lipinski definition) is 4. The van der Waals surface area contributed by atoms with Crippen LogP contribution < -0.4 is 23.2 Å². The van der Waals surface area contributed by atoms with E-state index in [0.29, 0.717) is 17.5 Å². The van der Waals surface area contributed by atoms with E-state index in [-0.39, 0.29) is 0 Å². The van der Waals surface area contributed by atoms with E-state index in [1.165, 1.54) is 5.56 Å². The lowest BCUT2D eigenvalue weighted by Crippen LogP contribution is -2.42. The number of benzene rings is 1. The molecular weight excluding hydrogens is 438 g/mol. The Morgan fingerprint density at radius 1 is 0.686 bits per heavy atom. The van der Waals surface area contributed by atoms with Crippen LogP contribution in [-0.4, -0.2) is 17.1 Å². The first kappa shape index (κ1) is 22.4. The molecule has 0 radical (unpaired) electrons. The number of aromatic nitrogens is 5. The fraction of sp³-hybridized carbons (Fsp3) is 0.179. The monoisotopic (exact) mass is 466 g/mol. The van der Waals surface area contributed by atoms with Gasteiger partial charge in [0.15, 0.2) is 12.4 Å². The molecule has 35 heavy (non-hydrogen) atoms. The molecule has 0 aliphatic heterocycles. The molecule has 4 aromatic heterocycles. The van der Waals surface area contributed by atoms with Crippen LogP contribution in [0.2, 0.25) is 0 Å². The summed E-state index contributed by atoms with van der Waals surface area (Å²) in [5, 5.41) is 0. The lowest BCUT2D eigenvalue weighted by Gasteiger charge is -2.10. The van der Waals surface area contributed by atoms with Crippen molar-refractivity contribution in [1.29, 1.82) is 0 Å². The molecule has 4 heterocycles. The molecular formula is C28H28N5O2+3. The Hall–Kier alpha value is -4.39. The molecule has 0 aliphatic carbocycles. The third kappa shape index (κ3) is 4.28. The summed E-state index contributed by atoms with van der Waals surface area (Å²) in [6.45, 7) is 2.10. The topological polar surface area (TPSA) is 55.9 Å². The maximum absolute atomic E-state index is 6.19. The van der Waals surface area contributed by atoms with Crippen molar-refractivity contribution in [3.8, 4) is 40.3 Å². The second-order valence-corrected chi connectivity index (χ2v) is 8.55. The number of para-hydroxylation sites is 2. The highest BCUT2D eigenvalue weighted by atomic mass is 16.5. The summed E-state index contributed by atoms with van der Waals surface area (Å²) in [6, 6.07) is 22.2. The van der Waals surface area contributed by atoms with Gasteiger partial charge in [-0.3, -0.25) is 0 Å². The maximum Gasteiger partial charge on any atom is 0.284 e. The summed E-state index contributed by atoms with van der Waals surface area (Å²) < 4.78 is 18.1. The number of fused-ring (bicyclic) bond motifs is 1. The van der Waals surface area contributed by atoms with Gasteiger partial charge in [-0.15, -0.1) is 0 Å². The van der Waals surface area contributed by atoms with Crippen molar-refractivity contribution < 1.29 is 23.2 Å². The van der Waals surface area contributed by atoms with Crippen molar-refractivity contribution in [3.63, 3.8) is 0 Å². The van der Waals surface area contributed by atoms with Crippen LogP contribution in [0.25, 0.3) is 33.8 Å². The Morgan fingerprint density at radius 3 is 2.06 bits per heavy atom. The van der Waals surface area contributed by atoms with E-state index >= 15 is 0 Å². The Balaban J connectivity index is 1.57. The molecule has 0 saturated heterocycles. The third-order valence-electron chi connectivity index (χ3n) is 6.08. The van der Waals surface area contributed by atoms with Crippen LogP contribution in [0.5, 0.6) is 17.5 Å². The van der Waals surface area contributed by atoms with Crippen molar-refractivity contribution >= 4 is 11.0 Å². The number of hydrogen-bond donors (Lipinski definition) is 0. The van der Waals surface area contributed by atoms with Gasteiger partial charge in [0, 0.05) is 29.8 Å². The largest absolute Gasteiger partial charge is 0.477 e. The van der Waals surface area contributed by atoms with Crippen molar-refractivity contribution in [1.82, 2.24) is 9.97 Å². The average molecular weight is 467 g/mol. The van der Waals surface area contributed by atoms with Gasteiger partial charge in [-0.05, 0) is 31.2 Å². The van der Waals surface area contributed by atoms with Gasteiger partial charge in [0.25, 0.3) is 34.5 Å². The first-order valence-electron chi connectivity index (χ1n) is 11.4. The molecule has 5 rings (SSSR count). The number of methoxy groups -OCH3 is 1. The zero-order valence-corrected chi connectivity index (χ0v) is 20.6. The predicted molar refractivity (Wildman–Crippen MR) is 132 cm³/mol. The maximum atomic E-state index is 6.19. The molecule has 0 atom stereocenters. The highest BCUT2D eigenvalue weighted by Crippen LogP contribution is 2.30. The molecule has 174 valence electrons. The average Bonchev–Trinajstić information content (AvgIpc) is 2.85. The Morgan fingerprint density at radius 2 is 1.37 bits per heavy atom. The quantitative estimate of drug-likeness (QED) is 0.372. The van der Waals surface area contributed by atoms with E-state index in [0.717, 1.165) is 33.8 Å². The minimum absolute atomic E-state index is 0.329. The van der Waals surface area contributed by atoms with Crippen molar-refractivity contribution in [2.45, 2.75) is 6.92 Å². The van der Waals surface area contributed by atoms with Crippen LogP contribution >= 0.6 is 0 Å².